The third-order valence-corrected chi connectivity index (χ3v) is 4.23. The topological polar surface area (TPSA) is 60.6 Å². The average Bonchev–Trinajstić information content (AvgIpc) is 3.30. The van der Waals surface area contributed by atoms with Crippen LogP contribution in [0.1, 0.15) is 5.82 Å². The van der Waals surface area contributed by atoms with E-state index < -0.39 is 0 Å². The van der Waals surface area contributed by atoms with Gasteiger partial charge in [-0.25, -0.2) is 4.39 Å². The number of imidazole rings is 1. The van der Waals surface area contributed by atoms with Crippen LogP contribution in [0, 0.1) is 12.7 Å². The predicted octanol–water partition coefficient (Wildman–Crippen LogP) is 3.75. The lowest BCUT2D eigenvalue weighted by atomic mass is 10.1. The van der Waals surface area contributed by atoms with Crippen molar-refractivity contribution in [3.63, 3.8) is 0 Å². The lowest BCUT2D eigenvalue weighted by molar-refractivity contribution is 0.596. The Morgan fingerprint density at radius 2 is 1.76 bits per heavy atom. The highest BCUT2D eigenvalue weighted by molar-refractivity contribution is 5.81. The normalized spacial score (nSPS) is 11.6. The van der Waals surface area contributed by atoms with Crippen LogP contribution in [0.25, 0.3) is 34.0 Å². The molecule has 0 N–H and O–H groups in total. The van der Waals surface area contributed by atoms with E-state index in [0.717, 1.165) is 34.0 Å². The van der Waals surface area contributed by atoms with Crippen LogP contribution >= 0.6 is 0 Å². The van der Waals surface area contributed by atoms with Crippen molar-refractivity contribution in [3.05, 3.63) is 66.7 Å². The number of nitrogens with zero attached hydrogens (tertiary/aromatic N) is 5. The van der Waals surface area contributed by atoms with E-state index in [1.807, 2.05) is 40.3 Å². The van der Waals surface area contributed by atoms with Gasteiger partial charge in [-0.05, 0) is 43.3 Å². The Balaban J connectivity index is 1.81. The van der Waals surface area contributed by atoms with Crippen LogP contribution in [0.15, 0.2) is 59.5 Å². The lowest BCUT2D eigenvalue weighted by Crippen LogP contribution is -1.93. The first-order chi connectivity index (χ1) is 12.2. The fourth-order valence-electron chi connectivity index (χ4n) is 3.02. The quantitative estimate of drug-likeness (QED) is 0.494. The van der Waals surface area contributed by atoms with Crippen LogP contribution in [-0.4, -0.2) is 24.0 Å². The average molecular weight is 333 g/mol. The van der Waals surface area contributed by atoms with E-state index >= 15 is 0 Å². The van der Waals surface area contributed by atoms with Crippen LogP contribution < -0.4 is 0 Å². The second-order valence-electron chi connectivity index (χ2n) is 5.76. The number of hydrogen-bond donors (Lipinski definition) is 0. The summed E-state index contributed by atoms with van der Waals surface area (Å²) in [5.41, 5.74) is 4.12. The van der Waals surface area contributed by atoms with Crippen molar-refractivity contribution in [1.29, 1.82) is 0 Å². The van der Waals surface area contributed by atoms with Crippen molar-refractivity contribution in [2.75, 3.05) is 0 Å². The second-order valence-corrected chi connectivity index (χ2v) is 5.76. The molecule has 0 fully saturated rings. The van der Waals surface area contributed by atoms with Gasteiger partial charge in [-0.1, -0.05) is 0 Å². The molecule has 4 heterocycles. The number of pyridine rings is 1. The molecule has 0 amide bonds. The summed E-state index contributed by atoms with van der Waals surface area (Å²) in [5.74, 6) is 0.998. The molecule has 0 aliphatic rings. The Hall–Kier alpha value is -3.48. The molecule has 7 heteroatoms. The molecule has 25 heavy (non-hydrogen) atoms. The molecule has 0 aliphatic heterocycles. The maximum absolute atomic E-state index is 13.3. The molecule has 0 spiro atoms. The first kappa shape index (κ1) is 13.9. The van der Waals surface area contributed by atoms with E-state index in [9.17, 15) is 4.39 Å². The van der Waals surface area contributed by atoms with Gasteiger partial charge in [-0.15, -0.1) is 10.2 Å². The van der Waals surface area contributed by atoms with Gasteiger partial charge in [0.1, 0.15) is 23.6 Å². The molecule has 0 radical (unpaired) electrons. The van der Waals surface area contributed by atoms with E-state index in [4.69, 9.17) is 4.42 Å². The van der Waals surface area contributed by atoms with Gasteiger partial charge in [0, 0.05) is 23.5 Å². The second kappa shape index (κ2) is 5.01. The van der Waals surface area contributed by atoms with Gasteiger partial charge in [0.05, 0.1) is 5.69 Å². The van der Waals surface area contributed by atoms with E-state index in [2.05, 4.69) is 15.2 Å². The summed E-state index contributed by atoms with van der Waals surface area (Å²) in [4.78, 5) is 4.57. The predicted molar refractivity (Wildman–Crippen MR) is 89.6 cm³/mol. The Morgan fingerprint density at radius 3 is 2.60 bits per heavy atom. The van der Waals surface area contributed by atoms with E-state index in [-0.39, 0.29) is 5.82 Å². The molecule has 6 nitrogen and oxygen atoms in total. The Bertz CT molecular complexity index is 1220. The number of fused-ring (bicyclic) bond motifs is 2. The van der Waals surface area contributed by atoms with Gasteiger partial charge in [-0.2, -0.15) is 4.98 Å². The smallest absolute Gasteiger partial charge is 0.306 e. The van der Waals surface area contributed by atoms with E-state index in [1.165, 1.54) is 12.1 Å². The number of benzene rings is 1. The molecule has 0 aliphatic carbocycles. The summed E-state index contributed by atoms with van der Waals surface area (Å²) in [6.07, 6.45) is 5.37. The zero-order valence-electron chi connectivity index (χ0n) is 13.2. The summed E-state index contributed by atoms with van der Waals surface area (Å²) in [6, 6.07) is 10.1. The van der Waals surface area contributed by atoms with E-state index in [0.29, 0.717) is 5.84 Å². The molecular weight excluding hydrogens is 321 g/mol. The molecule has 0 unspecified atom stereocenters. The molecule has 1 aromatic carbocycles. The number of hydrogen-bond acceptors (Lipinski definition) is 4. The Kier molecular flexibility index (Phi) is 2.79. The molecule has 0 saturated carbocycles. The lowest BCUT2D eigenvalue weighted by Gasteiger charge is -2.06. The highest BCUT2D eigenvalue weighted by Crippen LogP contribution is 2.33. The molecular formula is C18H12FN5O. The molecule has 122 valence electrons. The minimum Gasteiger partial charge on any atom is -0.432 e. The molecule has 0 bridgehead atoms. The van der Waals surface area contributed by atoms with Gasteiger partial charge in [0.15, 0.2) is 5.65 Å². The van der Waals surface area contributed by atoms with Gasteiger partial charge in [0.2, 0.25) is 0 Å². The SMILES string of the molecule is Cc1nnc2ccc(-c3c(-c4ccc(F)cc4)nc4occn34)cn12. The number of oxazole rings is 1. The molecule has 4 aromatic heterocycles. The summed E-state index contributed by atoms with van der Waals surface area (Å²) in [7, 11) is 0. The zero-order chi connectivity index (χ0) is 17.0. The van der Waals surface area contributed by atoms with Crippen molar-refractivity contribution < 1.29 is 8.81 Å². The Labute approximate surface area is 141 Å². The highest BCUT2D eigenvalue weighted by atomic mass is 19.1. The van der Waals surface area contributed by atoms with Crippen LogP contribution in [0.3, 0.4) is 0 Å². The number of halogens is 1. The fourth-order valence-corrected chi connectivity index (χ4v) is 3.02. The third-order valence-electron chi connectivity index (χ3n) is 4.23. The van der Waals surface area contributed by atoms with Crippen LogP contribution in [0.2, 0.25) is 0 Å². The summed E-state index contributed by atoms with van der Waals surface area (Å²) >= 11 is 0. The maximum Gasteiger partial charge on any atom is 0.306 e. The van der Waals surface area contributed by atoms with Crippen molar-refractivity contribution >= 4 is 11.5 Å². The largest absolute Gasteiger partial charge is 0.432 e. The van der Waals surface area contributed by atoms with Crippen molar-refractivity contribution in [2.24, 2.45) is 0 Å². The third kappa shape index (κ3) is 2.06. The standard InChI is InChI=1S/C18H12FN5O/c1-11-21-22-15-7-4-13(10-24(11)15)17-16(12-2-5-14(19)6-3-12)20-18-23(17)8-9-25-18/h2-10H,1H3. The highest BCUT2D eigenvalue weighted by Gasteiger charge is 2.18. The van der Waals surface area contributed by atoms with Crippen molar-refractivity contribution in [3.8, 4) is 22.5 Å². The first-order valence-corrected chi connectivity index (χ1v) is 7.74. The molecule has 5 rings (SSSR count). The number of aromatic nitrogens is 5. The van der Waals surface area contributed by atoms with Crippen LogP contribution in [-0.2, 0) is 0 Å². The molecule has 5 aromatic rings. The molecule has 0 atom stereocenters. The zero-order valence-corrected chi connectivity index (χ0v) is 13.2. The monoisotopic (exact) mass is 333 g/mol. The van der Waals surface area contributed by atoms with Gasteiger partial charge in [0.25, 0.3) is 0 Å². The summed E-state index contributed by atoms with van der Waals surface area (Å²) < 4.78 is 22.5. The molecule has 0 saturated heterocycles. The minimum atomic E-state index is -0.283. The van der Waals surface area contributed by atoms with Gasteiger partial charge < -0.3 is 4.42 Å². The first-order valence-electron chi connectivity index (χ1n) is 7.74. The summed E-state index contributed by atoms with van der Waals surface area (Å²) in [6.45, 7) is 1.90. The fraction of sp³-hybridized carbons (Fsp3) is 0.0556. The number of aryl methyl sites for hydroxylation is 1. The maximum atomic E-state index is 13.3. The number of rotatable bonds is 2. The van der Waals surface area contributed by atoms with Crippen molar-refractivity contribution in [2.45, 2.75) is 6.92 Å². The van der Waals surface area contributed by atoms with Crippen LogP contribution in [0.4, 0.5) is 4.39 Å². The van der Waals surface area contributed by atoms with E-state index in [1.54, 1.807) is 18.4 Å². The summed E-state index contributed by atoms with van der Waals surface area (Å²) in [5, 5.41) is 8.20. The van der Waals surface area contributed by atoms with Crippen LogP contribution in [0.5, 0.6) is 0 Å². The van der Waals surface area contributed by atoms with Gasteiger partial charge >= 0.3 is 5.84 Å². The van der Waals surface area contributed by atoms with Crippen molar-refractivity contribution in [1.82, 2.24) is 24.0 Å². The minimum absolute atomic E-state index is 0.283. The Morgan fingerprint density at radius 1 is 0.960 bits per heavy atom. The van der Waals surface area contributed by atoms with Gasteiger partial charge in [-0.3, -0.25) is 8.80 Å².